The number of carbonyl (C=O) groups excluding carboxylic acids is 2. The lowest BCUT2D eigenvalue weighted by Crippen LogP contribution is -2.52. The molecule has 7 nitrogen and oxygen atoms in total. The molecule has 180 valence electrons. The first-order valence-electron chi connectivity index (χ1n) is 10.6. The molecule has 0 aliphatic rings. The number of benzene rings is 2. The Morgan fingerprint density at radius 1 is 1.09 bits per heavy atom. The summed E-state index contributed by atoms with van der Waals surface area (Å²) in [5, 5.41) is 3.24. The van der Waals surface area contributed by atoms with Gasteiger partial charge in [0.25, 0.3) is 0 Å². The number of carbonyl (C=O) groups is 2. The Morgan fingerprint density at radius 2 is 1.76 bits per heavy atom. The van der Waals surface area contributed by atoms with Crippen LogP contribution in [0, 0.1) is 0 Å². The molecule has 0 spiro atoms. The molecule has 2 rings (SSSR count). The Hall–Kier alpha value is -2.29. The van der Waals surface area contributed by atoms with Crippen molar-refractivity contribution in [2.45, 2.75) is 32.7 Å². The van der Waals surface area contributed by atoms with Crippen LogP contribution in [0.4, 0.5) is 5.69 Å². The summed E-state index contributed by atoms with van der Waals surface area (Å²) < 4.78 is 26.0. The summed E-state index contributed by atoms with van der Waals surface area (Å²) in [6, 6.07) is 13.1. The molecular formula is C23H29Cl2N3O4S. The van der Waals surface area contributed by atoms with Crippen LogP contribution in [0.3, 0.4) is 0 Å². The highest BCUT2D eigenvalue weighted by atomic mass is 35.5. The molecule has 0 saturated carbocycles. The van der Waals surface area contributed by atoms with Crippen LogP contribution in [0.2, 0.25) is 10.0 Å². The van der Waals surface area contributed by atoms with Crippen LogP contribution in [0.5, 0.6) is 0 Å². The average Bonchev–Trinajstić information content (AvgIpc) is 2.76. The molecule has 1 unspecified atom stereocenters. The van der Waals surface area contributed by atoms with E-state index >= 15 is 0 Å². The van der Waals surface area contributed by atoms with Gasteiger partial charge in [0, 0.05) is 18.1 Å². The Bertz CT molecular complexity index is 1060. The smallest absolute Gasteiger partial charge is 0.244 e. The fourth-order valence-corrected chi connectivity index (χ4v) is 4.67. The normalized spacial score (nSPS) is 12.2. The maximum Gasteiger partial charge on any atom is 0.244 e. The van der Waals surface area contributed by atoms with Crippen LogP contribution < -0.4 is 9.62 Å². The number of sulfonamides is 1. The maximum atomic E-state index is 13.4. The minimum Gasteiger partial charge on any atom is -0.354 e. The van der Waals surface area contributed by atoms with Gasteiger partial charge in [0.15, 0.2) is 0 Å². The summed E-state index contributed by atoms with van der Waals surface area (Å²) in [5.74, 6) is -0.810. The molecule has 33 heavy (non-hydrogen) atoms. The molecule has 1 N–H and O–H groups in total. The molecule has 0 heterocycles. The number of nitrogens with zero attached hydrogens (tertiary/aromatic N) is 2. The molecule has 0 fully saturated rings. The molecule has 10 heteroatoms. The highest BCUT2D eigenvalue weighted by Gasteiger charge is 2.30. The van der Waals surface area contributed by atoms with Gasteiger partial charge < -0.3 is 10.2 Å². The van der Waals surface area contributed by atoms with Crippen molar-refractivity contribution in [1.82, 2.24) is 10.2 Å². The van der Waals surface area contributed by atoms with Gasteiger partial charge in [-0.1, -0.05) is 60.5 Å². The van der Waals surface area contributed by atoms with E-state index in [0.29, 0.717) is 18.0 Å². The Balaban J connectivity index is 2.32. The summed E-state index contributed by atoms with van der Waals surface area (Å²) in [7, 11) is -3.85. The molecule has 0 aromatic heterocycles. The molecular weight excluding hydrogens is 485 g/mol. The molecule has 0 saturated heterocycles. The molecule has 0 aliphatic heterocycles. The first-order chi connectivity index (χ1) is 15.5. The Morgan fingerprint density at radius 3 is 2.33 bits per heavy atom. The van der Waals surface area contributed by atoms with Crippen molar-refractivity contribution in [3.63, 3.8) is 0 Å². The van der Waals surface area contributed by atoms with Gasteiger partial charge >= 0.3 is 0 Å². The van der Waals surface area contributed by atoms with E-state index in [1.165, 1.54) is 23.1 Å². The third kappa shape index (κ3) is 7.91. The number of nitrogens with one attached hydrogen (secondary N) is 1. The predicted molar refractivity (Wildman–Crippen MR) is 133 cm³/mol. The van der Waals surface area contributed by atoms with Gasteiger partial charge in [-0.2, -0.15) is 0 Å². The number of hydrogen-bond donors (Lipinski definition) is 1. The average molecular weight is 514 g/mol. The van der Waals surface area contributed by atoms with Crippen molar-refractivity contribution in [2.24, 2.45) is 0 Å². The number of halogens is 2. The summed E-state index contributed by atoms with van der Waals surface area (Å²) in [4.78, 5) is 27.4. The molecule has 0 radical (unpaired) electrons. The van der Waals surface area contributed by atoms with Crippen LogP contribution in [0.1, 0.15) is 25.8 Å². The largest absolute Gasteiger partial charge is 0.354 e. The van der Waals surface area contributed by atoms with Crippen LogP contribution in [-0.4, -0.2) is 57.1 Å². The van der Waals surface area contributed by atoms with Crippen LogP contribution in [-0.2, 0) is 26.0 Å². The second-order valence-corrected chi connectivity index (χ2v) is 10.4. The summed E-state index contributed by atoms with van der Waals surface area (Å²) in [6.07, 6.45) is 2.27. The minimum absolute atomic E-state index is 0.102. The second kappa shape index (κ2) is 12.3. The zero-order valence-electron chi connectivity index (χ0n) is 18.9. The fraction of sp³-hybridized carbons (Fsp3) is 0.391. The second-order valence-electron chi connectivity index (χ2n) is 7.66. The molecule has 0 aliphatic carbocycles. The lowest BCUT2D eigenvalue weighted by atomic mass is 10.1. The van der Waals surface area contributed by atoms with Crippen molar-refractivity contribution in [3.8, 4) is 0 Å². The SMILES string of the molecule is CCCNC(=O)C(C)N(CCc1ccccc1)C(=O)CN(c1ccc(Cl)cc1Cl)S(C)(=O)=O. The first-order valence-corrected chi connectivity index (χ1v) is 13.2. The minimum atomic E-state index is -3.85. The van der Waals surface area contributed by atoms with Gasteiger partial charge in [-0.3, -0.25) is 13.9 Å². The monoisotopic (exact) mass is 513 g/mol. The van der Waals surface area contributed by atoms with Gasteiger partial charge in [-0.15, -0.1) is 0 Å². The fourth-order valence-electron chi connectivity index (χ4n) is 3.24. The molecule has 2 aromatic rings. The van der Waals surface area contributed by atoms with Crippen LogP contribution >= 0.6 is 23.2 Å². The molecule has 0 bridgehead atoms. The Kier molecular flexibility index (Phi) is 10.0. The zero-order chi connectivity index (χ0) is 24.6. The van der Waals surface area contributed by atoms with E-state index in [1.807, 2.05) is 37.3 Å². The van der Waals surface area contributed by atoms with Crippen molar-refractivity contribution in [1.29, 1.82) is 0 Å². The lowest BCUT2D eigenvalue weighted by molar-refractivity contribution is -0.138. The van der Waals surface area contributed by atoms with Gasteiger partial charge in [-0.25, -0.2) is 8.42 Å². The Labute approximate surface area is 205 Å². The van der Waals surface area contributed by atoms with Gasteiger partial charge in [0.1, 0.15) is 12.6 Å². The summed E-state index contributed by atoms with van der Waals surface area (Å²) >= 11 is 12.2. The zero-order valence-corrected chi connectivity index (χ0v) is 21.3. The van der Waals surface area contributed by atoms with E-state index in [-0.39, 0.29) is 23.2 Å². The summed E-state index contributed by atoms with van der Waals surface area (Å²) in [5.41, 5.74) is 1.14. The van der Waals surface area contributed by atoms with E-state index in [1.54, 1.807) is 6.92 Å². The third-order valence-electron chi connectivity index (χ3n) is 5.06. The number of rotatable bonds is 11. The van der Waals surface area contributed by atoms with Crippen LogP contribution in [0.15, 0.2) is 48.5 Å². The molecule has 2 aromatic carbocycles. The van der Waals surface area contributed by atoms with Gasteiger partial charge in [-0.05, 0) is 43.5 Å². The first kappa shape index (κ1) is 27.0. The number of amides is 2. The predicted octanol–water partition coefficient (Wildman–Crippen LogP) is 3.75. The molecule has 2 amide bonds. The summed E-state index contributed by atoms with van der Waals surface area (Å²) in [6.45, 7) is 3.80. The topological polar surface area (TPSA) is 86.8 Å². The maximum absolute atomic E-state index is 13.4. The van der Waals surface area contributed by atoms with E-state index in [9.17, 15) is 18.0 Å². The standard InChI is InChI=1S/C23H29Cl2N3O4S/c1-4-13-26-23(30)17(2)27(14-12-18-8-6-5-7-9-18)22(29)16-28(33(3,31)32)21-11-10-19(24)15-20(21)25/h5-11,15,17H,4,12-14,16H2,1-3H3,(H,26,30). The van der Waals surface area contributed by atoms with Crippen molar-refractivity contribution in [3.05, 3.63) is 64.1 Å². The van der Waals surface area contributed by atoms with Gasteiger partial charge in [0.2, 0.25) is 21.8 Å². The quantitative estimate of drug-likeness (QED) is 0.495. The number of anilines is 1. The van der Waals surface area contributed by atoms with E-state index in [2.05, 4.69) is 5.32 Å². The van der Waals surface area contributed by atoms with Crippen molar-refractivity contribution in [2.75, 3.05) is 30.2 Å². The van der Waals surface area contributed by atoms with Crippen LogP contribution in [0.25, 0.3) is 0 Å². The van der Waals surface area contributed by atoms with E-state index in [4.69, 9.17) is 23.2 Å². The van der Waals surface area contributed by atoms with E-state index < -0.39 is 28.5 Å². The number of hydrogen-bond acceptors (Lipinski definition) is 4. The van der Waals surface area contributed by atoms with Gasteiger partial charge in [0.05, 0.1) is 17.0 Å². The van der Waals surface area contributed by atoms with E-state index in [0.717, 1.165) is 22.5 Å². The van der Waals surface area contributed by atoms with Crippen molar-refractivity contribution >= 4 is 50.7 Å². The van der Waals surface area contributed by atoms with Crippen molar-refractivity contribution < 1.29 is 18.0 Å². The highest BCUT2D eigenvalue weighted by molar-refractivity contribution is 7.92. The molecule has 1 atom stereocenters. The highest BCUT2D eigenvalue weighted by Crippen LogP contribution is 2.30. The lowest BCUT2D eigenvalue weighted by Gasteiger charge is -2.31. The third-order valence-corrected chi connectivity index (χ3v) is 6.72.